The van der Waals surface area contributed by atoms with Crippen molar-refractivity contribution in [2.24, 2.45) is 0 Å². The molecule has 0 fully saturated rings. The Hall–Kier alpha value is -3.18. The molecule has 0 bridgehead atoms. The van der Waals surface area contributed by atoms with Gasteiger partial charge in [-0.1, -0.05) is 54.6 Å². The van der Waals surface area contributed by atoms with Crippen LogP contribution in [0.4, 0.5) is 17.1 Å². The van der Waals surface area contributed by atoms with Crippen LogP contribution in [0.15, 0.2) is 114 Å². The van der Waals surface area contributed by atoms with Gasteiger partial charge < -0.3 is 4.90 Å². The van der Waals surface area contributed by atoms with Gasteiger partial charge in [-0.05, 0) is 70.5 Å². The normalized spacial score (nSPS) is 11.7. The van der Waals surface area contributed by atoms with Crippen LogP contribution in [-0.2, 0) is 0 Å². The largest absolute Gasteiger partial charge is 0.310 e. The molecule has 0 amide bonds. The Morgan fingerprint density at radius 3 is 1.88 bits per heavy atom. The first kappa shape index (κ1) is 20.2. The Kier molecular flexibility index (Phi) is 4.73. The topological polar surface area (TPSA) is 3.24 Å². The van der Waals surface area contributed by atoms with Gasteiger partial charge in [0.2, 0.25) is 0 Å². The number of fused-ring (bicyclic) bond motifs is 6. The summed E-state index contributed by atoms with van der Waals surface area (Å²) in [4.78, 5) is 2.36. The minimum Gasteiger partial charge on any atom is -0.310 e. The summed E-state index contributed by atoms with van der Waals surface area (Å²) in [5.41, 5.74) is 3.45. The third-order valence-corrected chi connectivity index (χ3v) is 9.57. The fourth-order valence-corrected chi connectivity index (χ4v) is 7.64. The number of hydrogen-bond donors (Lipinski definition) is 0. The summed E-state index contributed by atoms with van der Waals surface area (Å²) in [5.74, 6) is 0. The Morgan fingerprint density at radius 1 is 0.471 bits per heavy atom. The van der Waals surface area contributed by atoms with Crippen molar-refractivity contribution in [3.05, 3.63) is 114 Å². The van der Waals surface area contributed by atoms with Crippen molar-refractivity contribution >= 4 is 96.0 Å². The van der Waals surface area contributed by atoms with Gasteiger partial charge in [-0.2, -0.15) is 0 Å². The van der Waals surface area contributed by atoms with Crippen molar-refractivity contribution in [3.63, 3.8) is 0 Å². The molecule has 0 aliphatic heterocycles. The van der Waals surface area contributed by atoms with Gasteiger partial charge in [-0.25, -0.2) is 0 Å². The molecule has 1 nitrogen and oxygen atoms in total. The third-order valence-electron chi connectivity index (χ3n) is 6.31. The monoisotopic (exact) mass is 535 g/mol. The Bertz CT molecular complexity index is 1830. The van der Waals surface area contributed by atoms with E-state index < -0.39 is 0 Å². The lowest BCUT2D eigenvalue weighted by molar-refractivity contribution is 1.29. The molecule has 4 heteroatoms. The van der Waals surface area contributed by atoms with E-state index in [1.54, 1.807) is 0 Å². The average molecular weight is 537 g/mol. The average Bonchev–Trinajstić information content (AvgIpc) is 3.44. The molecule has 7 aromatic rings. The van der Waals surface area contributed by atoms with Gasteiger partial charge in [0.15, 0.2) is 0 Å². The standard InChI is InChI=1S/C30H18BrNS2/c31-26-18-21(17-25-23-11-5-7-13-28(23)34-30(25)26)32(19-8-2-1-3-9-19)20-14-15-29-24(16-20)22-10-4-6-12-27(22)33-29/h1-18H. The minimum absolute atomic E-state index is 1.13. The fourth-order valence-electron chi connectivity index (χ4n) is 4.78. The molecular weight excluding hydrogens is 518 g/mol. The van der Waals surface area contributed by atoms with Crippen LogP contribution in [0.5, 0.6) is 0 Å². The van der Waals surface area contributed by atoms with Crippen molar-refractivity contribution in [2.75, 3.05) is 4.90 Å². The fraction of sp³-hybridized carbons (Fsp3) is 0. The molecule has 0 atom stereocenters. The van der Waals surface area contributed by atoms with E-state index in [-0.39, 0.29) is 0 Å². The summed E-state index contributed by atoms with van der Waals surface area (Å²) in [6, 6.07) is 39.4. The third kappa shape index (κ3) is 3.17. The van der Waals surface area contributed by atoms with E-state index in [1.807, 2.05) is 22.7 Å². The lowest BCUT2D eigenvalue weighted by Crippen LogP contribution is -2.09. The highest BCUT2D eigenvalue weighted by molar-refractivity contribution is 9.10. The van der Waals surface area contributed by atoms with Crippen LogP contribution in [0.3, 0.4) is 0 Å². The zero-order valence-electron chi connectivity index (χ0n) is 18.0. The van der Waals surface area contributed by atoms with Crippen LogP contribution in [-0.4, -0.2) is 0 Å². The van der Waals surface area contributed by atoms with Gasteiger partial charge >= 0.3 is 0 Å². The highest BCUT2D eigenvalue weighted by Crippen LogP contribution is 2.45. The zero-order valence-corrected chi connectivity index (χ0v) is 21.3. The van der Waals surface area contributed by atoms with E-state index in [2.05, 4.69) is 130 Å². The summed E-state index contributed by atoms with van der Waals surface area (Å²) < 4.78 is 6.38. The molecule has 0 N–H and O–H groups in total. The molecule has 0 aliphatic rings. The quantitative estimate of drug-likeness (QED) is 0.217. The Morgan fingerprint density at radius 2 is 1.09 bits per heavy atom. The molecule has 7 rings (SSSR count). The number of hydrogen-bond acceptors (Lipinski definition) is 3. The molecule has 2 heterocycles. The molecule has 34 heavy (non-hydrogen) atoms. The molecule has 0 saturated carbocycles. The van der Waals surface area contributed by atoms with Crippen molar-refractivity contribution in [1.82, 2.24) is 0 Å². The summed E-state index contributed by atoms with van der Waals surface area (Å²) in [7, 11) is 0. The molecule has 5 aromatic carbocycles. The molecule has 2 aromatic heterocycles. The smallest absolute Gasteiger partial charge is 0.0499 e. The molecule has 0 saturated heterocycles. The van der Waals surface area contributed by atoms with E-state index >= 15 is 0 Å². The van der Waals surface area contributed by atoms with Gasteiger partial charge in [0, 0.05) is 61.9 Å². The van der Waals surface area contributed by atoms with E-state index in [9.17, 15) is 0 Å². The Balaban J connectivity index is 1.50. The molecule has 0 unspecified atom stereocenters. The van der Waals surface area contributed by atoms with Crippen LogP contribution < -0.4 is 4.90 Å². The summed E-state index contributed by atoms with van der Waals surface area (Å²) >= 11 is 7.59. The Labute approximate surface area is 213 Å². The second-order valence-corrected chi connectivity index (χ2v) is 11.3. The van der Waals surface area contributed by atoms with Gasteiger partial charge in [0.25, 0.3) is 0 Å². The van der Waals surface area contributed by atoms with Crippen molar-refractivity contribution in [1.29, 1.82) is 0 Å². The number of rotatable bonds is 3. The van der Waals surface area contributed by atoms with Crippen LogP contribution >= 0.6 is 38.6 Å². The lowest BCUT2D eigenvalue weighted by atomic mass is 10.1. The van der Waals surface area contributed by atoms with Crippen LogP contribution in [0, 0.1) is 0 Å². The highest BCUT2D eigenvalue weighted by Gasteiger charge is 2.18. The summed E-state index contributed by atoms with van der Waals surface area (Å²) in [5, 5.41) is 5.21. The second kappa shape index (κ2) is 7.95. The first-order valence-corrected chi connectivity index (χ1v) is 13.6. The molecule has 0 spiro atoms. The van der Waals surface area contributed by atoms with Gasteiger partial charge in [0.1, 0.15) is 0 Å². The first-order valence-electron chi connectivity index (χ1n) is 11.1. The van der Waals surface area contributed by atoms with Crippen LogP contribution in [0.25, 0.3) is 40.3 Å². The molecule has 0 aliphatic carbocycles. The number of benzene rings is 5. The molecular formula is C30H18BrNS2. The van der Waals surface area contributed by atoms with Crippen LogP contribution in [0.2, 0.25) is 0 Å². The number of anilines is 3. The number of halogens is 1. The van der Waals surface area contributed by atoms with Crippen molar-refractivity contribution in [3.8, 4) is 0 Å². The predicted octanol–water partition coefficient (Wildman–Crippen LogP) is 10.7. The van der Waals surface area contributed by atoms with Gasteiger partial charge in [-0.15, -0.1) is 22.7 Å². The highest BCUT2D eigenvalue weighted by atomic mass is 79.9. The SMILES string of the molecule is Brc1cc(N(c2ccccc2)c2ccc3sc4ccccc4c3c2)cc2c1sc1ccccc12. The molecule has 0 radical (unpaired) electrons. The number of thiophene rings is 2. The maximum Gasteiger partial charge on any atom is 0.0499 e. The summed E-state index contributed by atoms with van der Waals surface area (Å²) in [6.45, 7) is 0. The summed E-state index contributed by atoms with van der Waals surface area (Å²) in [6.07, 6.45) is 0. The number of para-hydroxylation sites is 1. The number of nitrogens with zero attached hydrogens (tertiary/aromatic N) is 1. The van der Waals surface area contributed by atoms with Gasteiger partial charge in [0.05, 0.1) is 0 Å². The maximum atomic E-state index is 3.89. The first-order chi connectivity index (χ1) is 16.8. The van der Waals surface area contributed by atoms with E-state index in [0.29, 0.717) is 0 Å². The van der Waals surface area contributed by atoms with E-state index in [4.69, 9.17) is 0 Å². The maximum absolute atomic E-state index is 3.89. The van der Waals surface area contributed by atoms with Gasteiger partial charge in [-0.3, -0.25) is 0 Å². The zero-order chi connectivity index (χ0) is 22.6. The lowest BCUT2D eigenvalue weighted by Gasteiger charge is -2.26. The van der Waals surface area contributed by atoms with E-state index in [0.717, 1.165) is 21.5 Å². The van der Waals surface area contributed by atoms with Crippen molar-refractivity contribution in [2.45, 2.75) is 0 Å². The van der Waals surface area contributed by atoms with Crippen LogP contribution in [0.1, 0.15) is 0 Å². The minimum atomic E-state index is 1.13. The second-order valence-electron chi connectivity index (χ2n) is 8.35. The molecule has 162 valence electrons. The predicted molar refractivity (Wildman–Crippen MR) is 155 cm³/mol. The van der Waals surface area contributed by atoms with Crippen molar-refractivity contribution < 1.29 is 0 Å². The van der Waals surface area contributed by atoms with E-state index in [1.165, 1.54) is 40.3 Å².